The van der Waals surface area contributed by atoms with Crippen molar-refractivity contribution in [3.05, 3.63) is 47.8 Å². The van der Waals surface area contributed by atoms with Crippen molar-refractivity contribution >= 4 is 0 Å². The third kappa shape index (κ3) is 2.59. The van der Waals surface area contributed by atoms with Crippen molar-refractivity contribution in [2.24, 2.45) is 12.9 Å². The van der Waals surface area contributed by atoms with Gasteiger partial charge in [-0.25, -0.2) is 10.4 Å². The number of hydrogen-bond acceptors (Lipinski definition) is 4. The molecular weight excluding hydrogens is 259 g/mol. The van der Waals surface area contributed by atoms with E-state index >= 15 is 0 Å². The lowest BCUT2D eigenvalue weighted by Gasteiger charge is -2.20. The van der Waals surface area contributed by atoms with Gasteiger partial charge in [0.15, 0.2) is 0 Å². The molecule has 1 atom stereocenters. The van der Waals surface area contributed by atoms with Gasteiger partial charge in [-0.3, -0.25) is 10.8 Å². The molecule has 0 radical (unpaired) electrons. The van der Waals surface area contributed by atoms with Crippen LogP contribution in [-0.2, 0) is 13.2 Å². The lowest BCUT2D eigenvalue weighted by Crippen LogP contribution is -2.32. The standard InChI is InChI=1S/C11H12F3N5/c1-19-5-4-17-10(19)9(18-15)7-6-16-3-2-8(7)11(12,13)14/h2-6,9,18H,15H2,1H3. The molecule has 0 bridgehead atoms. The number of alkyl halides is 3. The topological polar surface area (TPSA) is 68.8 Å². The van der Waals surface area contributed by atoms with Crippen LogP contribution < -0.4 is 11.3 Å². The molecule has 0 aliphatic heterocycles. The summed E-state index contributed by atoms with van der Waals surface area (Å²) in [5, 5.41) is 0. The Morgan fingerprint density at radius 1 is 1.37 bits per heavy atom. The summed E-state index contributed by atoms with van der Waals surface area (Å²) in [6.45, 7) is 0. The van der Waals surface area contributed by atoms with Gasteiger partial charge in [-0.2, -0.15) is 13.2 Å². The molecule has 0 spiro atoms. The van der Waals surface area contributed by atoms with Crippen molar-refractivity contribution in [1.82, 2.24) is 20.0 Å². The quantitative estimate of drug-likeness (QED) is 0.654. The summed E-state index contributed by atoms with van der Waals surface area (Å²) in [4.78, 5) is 7.75. The second kappa shape index (κ2) is 4.98. The molecule has 0 aliphatic carbocycles. The van der Waals surface area contributed by atoms with Crippen LogP contribution in [0.2, 0.25) is 0 Å². The Balaban J connectivity index is 2.54. The summed E-state index contributed by atoms with van der Waals surface area (Å²) >= 11 is 0. The first kappa shape index (κ1) is 13.5. The molecule has 0 aromatic carbocycles. The summed E-state index contributed by atoms with van der Waals surface area (Å²) < 4.78 is 40.5. The Kier molecular flexibility index (Phi) is 3.54. The number of imidazole rings is 1. The SMILES string of the molecule is Cn1ccnc1C(NN)c1cnccc1C(F)(F)F. The smallest absolute Gasteiger partial charge is 0.336 e. The van der Waals surface area contributed by atoms with E-state index in [1.54, 1.807) is 17.8 Å². The molecule has 5 nitrogen and oxygen atoms in total. The third-order valence-electron chi connectivity index (χ3n) is 2.75. The van der Waals surface area contributed by atoms with Crippen molar-refractivity contribution < 1.29 is 13.2 Å². The first-order valence-corrected chi connectivity index (χ1v) is 5.39. The number of nitrogens with one attached hydrogen (secondary N) is 1. The van der Waals surface area contributed by atoms with Crippen LogP contribution >= 0.6 is 0 Å². The summed E-state index contributed by atoms with van der Waals surface area (Å²) in [5.41, 5.74) is 1.50. The third-order valence-corrected chi connectivity index (χ3v) is 2.75. The van der Waals surface area contributed by atoms with Crippen LogP contribution in [0.5, 0.6) is 0 Å². The highest BCUT2D eigenvalue weighted by Gasteiger charge is 2.36. The molecule has 1 unspecified atom stereocenters. The Hall–Kier alpha value is -1.93. The first-order valence-electron chi connectivity index (χ1n) is 5.39. The zero-order valence-electron chi connectivity index (χ0n) is 10.0. The molecule has 0 aliphatic rings. The van der Waals surface area contributed by atoms with Gasteiger partial charge in [0, 0.05) is 37.4 Å². The number of nitrogens with zero attached hydrogens (tertiary/aromatic N) is 3. The van der Waals surface area contributed by atoms with Gasteiger partial charge in [-0.1, -0.05) is 0 Å². The van der Waals surface area contributed by atoms with Crippen LogP contribution in [0.15, 0.2) is 30.9 Å². The molecule has 3 N–H and O–H groups in total. The van der Waals surface area contributed by atoms with Gasteiger partial charge in [-0.05, 0) is 6.07 Å². The van der Waals surface area contributed by atoms with Gasteiger partial charge < -0.3 is 4.57 Å². The first-order chi connectivity index (χ1) is 8.95. The van der Waals surface area contributed by atoms with Crippen LogP contribution in [0.3, 0.4) is 0 Å². The minimum atomic E-state index is -4.47. The zero-order valence-corrected chi connectivity index (χ0v) is 10.0. The highest BCUT2D eigenvalue weighted by Crippen LogP contribution is 2.35. The molecule has 2 aromatic rings. The summed E-state index contributed by atoms with van der Waals surface area (Å²) in [6.07, 6.45) is 0.880. The van der Waals surface area contributed by atoms with E-state index in [1.165, 1.54) is 6.20 Å². The molecule has 0 fully saturated rings. The van der Waals surface area contributed by atoms with Gasteiger partial charge in [-0.15, -0.1) is 0 Å². The molecule has 0 saturated carbocycles. The van der Waals surface area contributed by atoms with E-state index in [9.17, 15) is 13.2 Å². The normalized spacial score (nSPS) is 13.5. The summed E-state index contributed by atoms with van der Waals surface area (Å²) in [5.74, 6) is 5.75. The average Bonchev–Trinajstić information content (AvgIpc) is 2.76. The summed E-state index contributed by atoms with van der Waals surface area (Å²) in [7, 11) is 1.68. The van der Waals surface area contributed by atoms with Gasteiger partial charge >= 0.3 is 6.18 Å². The average molecular weight is 271 g/mol. The predicted octanol–water partition coefficient (Wildman–Crippen LogP) is 1.39. The fourth-order valence-electron chi connectivity index (χ4n) is 1.85. The Labute approximate surface area is 107 Å². The summed E-state index contributed by atoms with van der Waals surface area (Å²) in [6, 6.07) is 0.0353. The lowest BCUT2D eigenvalue weighted by molar-refractivity contribution is -0.138. The van der Waals surface area contributed by atoms with E-state index in [2.05, 4.69) is 15.4 Å². The number of rotatable bonds is 3. The minimum Gasteiger partial charge on any atom is -0.336 e. The van der Waals surface area contributed by atoms with E-state index in [0.29, 0.717) is 5.82 Å². The van der Waals surface area contributed by atoms with E-state index in [1.807, 2.05) is 0 Å². The second-order valence-corrected chi connectivity index (χ2v) is 3.96. The Morgan fingerprint density at radius 2 is 2.11 bits per heavy atom. The fraction of sp³-hybridized carbons (Fsp3) is 0.273. The molecule has 102 valence electrons. The van der Waals surface area contributed by atoms with Crippen LogP contribution in [0.4, 0.5) is 13.2 Å². The van der Waals surface area contributed by atoms with Gasteiger partial charge in [0.1, 0.15) is 11.9 Å². The Bertz CT molecular complexity index is 563. The van der Waals surface area contributed by atoms with Crippen molar-refractivity contribution in [2.75, 3.05) is 0 Å². The number of halogens is 3. The van der Waals surface area contributed by atoms with Crippen LogP contribution in [0.25, 0.3) is 0 Å². The molecule has 8 heteroatoms. The molecular formula is C11H12F3N5. The monoisotopic (exact) mass is 271 g/mol. The van der Waals surface area contributed by atoms with E-state index in [-0.39, 0.29) is 5.56 Å². The van der Waals surface area contributed by atoms with Crippen molar-refractivity contribution in [2.45, 2.75) is 12.2 Å². The Morgan fingerprint density at radius 3 is 2.63 bits per heavy atom. The largest absolute Gasteiger partial charge is 0.416 e. The van der Waals surface area contributed by atoms with E-state index in [4.69, 9.17) is 5.84 Å². The van der Waals surface area contributed by atoms with Gasteiger partial charge in [0.05, 0.1) is 5.56 Å². The van der Waals surface area contributed by atoms with Crippen molar-refractivity contribution in [3.63, 3.8) is 0 Å². The van der Waals surface area contributed by atoms with Gasteiger partial charge in [0.25, 0.3) is 0 Å². The highest BCUT2D eigenvalue weighted by molar-refractivity contribution is 5.33. The van der Waals surface area contributed by atoms with Gasteiger partial charge in [0.2, 0.25) is 0 Å². The number of hydrazine groups is 1. The number of pyridine rings is 1. The number of nitrogens with two attached hydrogens (primary N) is 1. The molecule has 0 amide bonds. The van der Waals surface area contributed by atoms with Crippen LogP contribution in [-0.4, -0.2) is 14.5 Å². The maximum absolute atomic E-state index is 13.0. The van der Waals surface area contributed by atoms with Crippen molar-refractivity contribution in [1.29, 1.82) is 0 Å². The fourth-order valence-corrected chi connectivity index (χ4v) is 1.85. The van der Waals surface area contributed by atoms with Crippen molar-refractivity contribution in [3.8, 4) is 0 Å². The lowest BCUT2D eigenvalue weighted by atomic mass is 10.0. The molecule has 0 saturated heterocycles. The van der Waals surface area contributed by atoms with E-state index < -0.39 is 17.8 Å². The molecule has 19 heavy (non-hydrogen) atoms. The molecule has 2 rings (SSSR count). The maximum Gasteiger partial charge on any atom is 0.416 e. The van der Waals surface area contributed by atoms with Crippen LogP contribution in [0, 0.1) is 0 Å². The van der Waals surface area contributed by atoms with E-state index in [0.717, 1.165) is 18.5 Å². The second-order valence-electron chi connectivity index (χ2n) is 3.96. The van der Waals surface area contributed by atoms with Crippen LogP contribution in [0.1, 0.15) is 23.0 Å². The molecule has 2 heterocycles. The predicted molar refractivity (Wildman–Crippen MR) is 61.6 cm³/mol. The number of hydrogen-bond donors (Lipinski definition) is 2. The zero-order chi connectivity index (χ0) is 14.0. The minimum absolute atomic E-state index is 0.0631. The highest BCUT2D eigenvalue weighted by atomic mass is 19.4. The maximum atomic E-state index is 13.0. The number of aryl methyl sites for hydroxylation is 1. The molecule has 2 aromatic heterocycles. The number of aromatic nitrogens is 3.